The van der Waals surface area contributed by atoms with Gasteiger partial charge in [0.25, 0.3) is 5.56 Å². The number of hydrogen-bond donors (Lipinski definition) is 9. The molecule has 0 saturated carbocycles. The molecule has 2 aliphatic heterocycles. The molecule has 2 unspecified atom stereocenters. The van der Waals surface area contributed by atoms with Crippen LogP contribution in [0.25, 0.3) is 0 Å². The van der Waals surface area contributed by atoms with Gasteiger partial charge in [-0.2, -0.15) is 4.31 Å². The Morgan fingerprint density at radius 1 is 0.972 bits per heavy atom. The number of nitrogens with zero attached hydrogens (tertiary/aromatic N) is 1. The molecule has 0 spiro atoms. The van der Waals surface area contributed by atoms with Gasteiger partial charge >= 0.3 is 21.3 Å². The van der Waals surface area contributed by atoms with Crippen molar-refractivity contribution in [3.05, 3.63) is 33.1 Å². The predicted molar refractivity (Wildman–Crippen MR) is 109 cm³/mol. The maximum Gasteiger partial charge on any atom is 0.483 e. The lowest BCUT2D eigenvalue weighted by atomic mass is 10.00. The number of aliphatic hydroxyl groups is 6. The first kappa shape index (κ1) is 27.6. The van der Waals surface area contributed by atoms with E-state index in [4.69, 9.17) is 11.2 Å². The van der Waals surface area contributed by atoms with E-state index >= 15 is 0 Å². The summed E-state index contributed by atoms with van der Waals surface area (Å²) < 4.78 is 55.6. The van der Waals surface area contributed by atoms with Crippen LogP contribution in [0.5, 0.6) is 0 Å². The first-order valence-electron chi connectivity index (χ1n) is 10.4. The zero-order valence-corrected chi connectivity index (χ0v) is 19.6. The van der Waals surface area contributed by atoms with Crippen molar-refractivity contribution in [3.8, 4) is 0 Å². The first-order valence-corrected chi connectivity index (χ1v) is 12.9. The number of rotatable bonds is 9. The van der Waals surface area contributed by atoms with Crippen molar-refractivity contribution in [2.75, 3.05) is 13.2 Å². The van der Waals surface area contributed by atoms with Crippen LogP contribution in [0, 0.1) is 0 Å². The standard InChI is InChI=1S/C15H24N2O17P2/c18-3-5-8(20)10(22)12(24)14(32-5)33-36(28,29)34-35(26,27)30-4-6-9(21)11(23)13(31-6)17-2-1-7(19)16-15(17)25/h1-2,5-6,8-14,18,20-24H,3-4H2,(H,26,27)(H,28,29)(H,16,19,25)/t5-,6-,8+,9-,10+,11-,12-,13-,14-/m1/s1/i14T. The fourth-order valence-electron chi connectivity index (χ4n) is 3.23. The van der Waals surface area contributed by atoms with Crippen LogP contribution in [-0.2, 0) is 32.0 Å². The Morgan fingerprint density at radius 3 is 2.22 bits per heavy atom. The highest BCUT2D eigenvalue weighted by Gasteiger charge is 2.49. The van der Waals surface area contributed by atoms with E-state index in [0.717, 1.165) is 12.3 Å². The van der Waals surface area contributed by atoms with Crippen molar-refractivity contribution < 1.29 is 73.8 Å². The van der Waals surface area contributed by atoms with Crippen molar-refractivity contribution in [2.45, 2.75) is 55.2 Å². The highest BCUT2D eigenvalue weighted by Crippen LogP contribution is 2.61. The van der Waals surface area contributed by atoms with Crippen molar-refractivity contribution in [1.82, 2.24) is 9.55 Å². The monoisotopic (exact) mass is 568 g/mol. The molecule has 0 aromatic carbocycles. The molecular formula is C15H24N2O17P2. The molecule has 206 valence electrons. The largest absolute Gasteiger partial charge is 0.483 e. The summed E-state index contributed by atoms with van der Waals surface area (Å²) in [5.74, 6) is 0. The summed E-state index contributed by atoms with van der Waals surface area (Å²) >= 11 is 0. The van der Waals surface area contributed by atoms with Crippen molar-refractivity contribution >= 4 is 15.6 Å². The van der Waals surface area contributed by atoms with Crippen LogP contribution in [0.1, 0.15) is 7.60 Å². The second-order valence-electron chi connectivity index (χ2n) is 7.55. The van der Waals surface area contributed by atoms with Gasteiger partial charge in [0.15, 0.2) is 12.5 Å². The van der Waals surface area contributed by atoms with Gasteiger partial charge in [0.05, 0.1) is 14.6 Å². The average Bonchev–Trinajstić information content (AvgIpc) is 3.06. The van der Waals surface area contributed by atoms with Gasteiger partial charge in [-0.25, -0.2) is 13.9 Å². The Hall–Kier alpha value is -1.38. The second kappa shape index (κ2) is 11.2. The van der Waals surface area contributed by atoms with Gasteiger partial charge < -0.3 is 49.9 Å². The van der Waals surface area contributed by atoms with Crippen LogP contribution < -0.4 is 11.2 Å². The summed E-state index contributed by atoms with van der Waals surface area (Å²) in [5, 5.41) is 58.8. The molecule has 11 atom stereocenters. The minimum Gasteiger partial charge on any atom is -0.394 e. The normalized spacial score (nSPS) is 40.8. The van der Waals surface area contributed by atoms with E-state index < -0.39 is 95.3 Å². The summed E-state index contributed by atoms with van der Waals surface area (Å²) in [4.78, 5) is 44.6. The van der Waals surface area contributed by atoms with E-state index in [0.29, 0.717) is 4.57 Å². The summed E-state index contributed by atoms with van der Waals surface area (Å²) in [6.07, 6.45) is -17.7. The molecule has 0 aliphatic carbocycles. The molecule has 19 nitrogen and oxygen atoms in total. The Balaban J connectivity index is 1.65. The Labute approximate surface area is 201 Å². The number of H-pyrrole nitrogens is 1. The molecule has 1 aromatic heterocycles. The Kier molecular flexibility index (Phi) is 8.57. The van der Waals surface area contributed by atoms with E-state index in [1.165, 1.54) is 0 Å². The SMILES string of the molecule is [3H][C@]1(OP(=O)(O)OP(=O)(O)OC[C@H]2O[C@@H](n3ccc(=O)[nH]c3=O)[C@H](O)[C@@H]2O)O[C@H](CO)[C@H](O)[C@H](O)[C@H]1O. The molecule has 0 bridgehead atoms. The van der Waals surface area contributed by atoms with E-state index in [9.17, 15) is 54.0 Å². The van der Waals surface area contributed by atoms with Crippen LogP contribution in [-0.4, -0.2) is 112 Å². The zero-order chi connectivity index (χ0) is 27.9. The molecule has 0 amide bonds. The fourth-order valence-corrected chi connectivity index (χ4v) is 5.31. The lowest BCUT2D eigenvalue weighted by Gasteiger charge is -2.39. The van der Waals surface area contributed by atoms with E-state index in [1.807, 2.05) is 4.98 Å². The minimum absolute atomic E-state index is 0.703. The van der Waals surface area contributed by atoms with Crippen molar-refractivity contribution in [2.24, 2.45) is 0 Å². The van der Waals surface area contributed by atoms with Gasteiger partial charge in [0.2, 0.25) is 0 Å². The third-order valence-electron chi connectivity index (χ3n) is 5.02. The summed E-state index contributed by atoms with van der Waals surface area (Å²) in [5.41, 5.74) is -1.78. The van der Waals surface area contributed by atoms with E-state index in [2.05, 4.69) is 18.1 Å². The van der Waals surface area contributed by atoms with Crippen LogP contribution >= 0.6 is 15.6 Å². The molecule has 2 aliphatic rings. The average molecular weight is 568 g/mol. The first-order chi connectivity index (χ1) is 17.0. The van der Waals surface area contributed by atoms with E-state index in [-0.39, 0.29) is 0 Å². The third kappa shape index (κ3) is 6.54. The van der Waals surface area contributed by atoms with Crippen LogP contribution in [0.2, 0.25) is 0 Å². The Bertz CT molecular complexity index is 1180. The van der Waals surface area contributed by atoms with Crippen LogP contribution in [0.4, 0.5) is 0 Å². The Morgan fingerprint density at radius 2 is 1.61 bits per heavy atom. The van der Waals surface area contributed by atoms with Crippen molar-refractivity contribution in [3.63, 3.8) is 0 Å². The molecule has 2 saturated heterocycles. The highest BCUT2D eigenvalue weighted by molar-refractivity contribution is 7.61. The molecule has 1 aromatic rings. The minimum atomic E-state index is -5.85. The fraction of sp³-hybridized carbons (Fsp3) is 0.733. The summed E-state index contributed by atoms with van der Waals surface area (Å²) in [6.45, 7) is -2.11. The number of phosphoric ester groups is 2. The smallest absolute Gasteiger partial charge is 0.394 e. The maximum atomic E-state index is 12.2. The number of nitrogens with one attached hydrogen (secondary N) is 1. The summed E-state index contributed by atoms with van der Waals surface area (Å²) in [7, 11) is -11.4. The number of hydrogen-bond acceptors (Lipinski definition) is 15. The van der Waals surface area contributed by atoms with Gasteiger partial charge in [0, 0.05) is 12.3 Å². The van der Waals surface area contributed by atoms with Gasteiger partial charge in [-0.1, -0.05) is 0 Å². The number of ether oxygens (including phenoxy) is 2. The number of phosphoric acid groups is 2. The molecule has 36 heavy (non-hydrogen) atoms. The molecule has 2 fully saturated rings. The molecule has 0 radical (unpaired) electrons. The molecular weight excluding hydrogens is 542 g/mol. The maximum absolute atomic E-state index is 12.2. The van der Waals surface area contributed by atoms with Crippen molar-refractivity contribution in [1.29, 1.82) is 0 Å². The van der Waals surface area contributed by atoms with Crippen LogP contribution in [0.3, 0.4) is 0 Å². The molecule has 21 heteroatoms. The lowest BCUT2D eigenvalue weighted by Crippen LogP contribution is -2.58. The predicted octanol–water partition coefficient (Wildman–Crippen LogP) is -4.79. The topological polar surface area (TPSA) is 297 Å². The molecule has 3 heterocycles. The second-order valence-corrected chi connectivity index (χ2v) is 10.5. The van der Waals surface area contributed by atoms with Crippen LogP contribution in [0.15, 0.2) is 21.9 Å². The number of aromatic nitrogens is 2. The highest BCUT2D eigenvalue weighted by atomic mass is 31.3. The number of aliphatic hydroxyl groups excluding tert-OH is 6. The third-order valence-corrected chi connectivity index (χ3v) is 7.56. The molecule has 9 N–H and O–H groups in total. The van der Waals surface area contributed by atoms with E-state index in [1.54, 1.807) is 0 Å². The zero-order valence-electron chi connectivity index (χ0n) is 18.8. The molecule has 3 rings (SSSR count). The van der Waals surface area contributed by atoms with Gasteiger partial charge in [0.1, 0.15) is 42.7 Å². The lowest BCUT2D eigenvalue weighted by molar-refractivity contribution is -0.280. The van der Waals surface area contributed by atoms with Gasteiger partial charge in [-0.05, 0) is 0 Å². The van der Waals surface area contributed by atoms with Gasteiger partial charge in [-0.3, -0.25) is 23.4 Å². The quantitative estimate of drug-likeness (QED) is 0.126. The van der Waals surface area contributed by atoms with Gasteiger partial charge in [-0.15, -0.1) is 0 Å². The summed E-state index contributed by atoms with van der Waals surface area (Å²) in [6, 6.07) is 0.913. The number of aromatic amines is 1.